The van der Waals surface area contributed by atoms with E-state index in [4.69, 9.17) is 4.74 Å². The van der Waals surface area contributed by atoms with Crippen molar-refractivity contribution >= 4 is 28.3 Å². The Bertz CT molecular complexity index is 705. The third-order valence-corrected chi connectivity index (χ3v) is 4.91. The topological polar surface area (TPSA) is 73.2 Å². The van der Waals surface area contributed by atoms with Gasteiger partial charge in [-0.25, -0.2) is 9.78 Å². The number of esters is 1. The second-order valence-corrected chi connectivity index (χ2v) is 7.22. The zero-order valence-electron chi connectivity index (χ0n) is 14.6. The fraction of sp³-hybridized carbons (Fsp3) is 0.471. The monoisotopic (exact) mass is 349 g/mol. The maximum Gasteiger partial charge on any atom is 0.357 e. The van der Waals surface area contributed by atoms with Crippen molar-refractivity contribution in [2.24, 2.45) is 5.92 Å². The van der Waals surface area contributed by atoms with Gasteiger partial charge in [0.2, 0.25) is 5.91 Å². The number of nitrogens with zero attached hydrogens (tertiary/aromatic N) is 2. The van der Waals surface area contributed by atoms with Gasteiger partial charge in [-0.3, -0.25) is 4.79 Å². The molecule has 0 aliphatic carbocycles. The number of methoxy groups -OCH3 is 1. The molecule has 1 N–H and O–H groups in total. The lowest BCUT2D eigenvalue weighted by atomic mass is 10.0. The van der Waals surface area contributed by atoms with Crippen LogP contribution in [0, 0.1) is 5.92 Å². The van der Waals surface area contributed by atoms with E-state index in [9.17, 15) is 9.59 Å². The van der Waals surface area contributed by atoms with Crippen LogP contribution < -0.4 is 5.32 Å². The van der Waals surface area contributed by atoms with Gasteiger partial charge in [0.05, 0.1) is 7.11 Å². The molecular formula is C17H23N3O3S. The van der Waals surface area contributed by atoms with Crippen LogP contribution in [0.15, 0.2) is 24.5 Å². The van der Waals surface area contributed by atoms with Crippen molar-refractivity contribution < 1.29 is 14.3 Å². The number of nitrogens with one attached hydrogen (secondary N) is 1. The molecule has 0 aliphatic rings. The Morgan fingerprint density at radius 3 is 2.33 bits per heavy atom. The maximum atomic E-state index is 12.7. The quantitative estimate of drug-likeness (QED) is 0.807. The third kappa shape index (κ3) is 3.84. The van der Waals surface area contributed by atoms with E-state index in [1.54, 1.807) is 0 Å². The van der Waals surface area contributed by atoms with E-state index in [0.29, 0.717) is 5.13 Å². The molecule has 1 amide bonds. The van der Waals surface area contributed by atoms with Crippen molar-refractivity contribution in [2.45, 2.75) is 39.7 Å². The van der Waals surface area contributed by atoms with Gasteiger partial charge in [-0.05, 0) is 24.0 Å². The van der Waals surface area contributed by atoms with Crippen LogP contribution in [0.1, 0.15) is 55.0 Å². The fourth-order valence-corrected chi connectivity index (χ4v) is 3.47. The molecule has 0 aliphatic heterocycles. The van der Waals surface area contributed by atoms with Gasteiger partial charge in [-0.15, -0.1) is 11.3 Å². The summed E-state index contributed by atoms with van der Waals surface area (Å²) in [6.45, 7) is 7.93. The number of anilines is 1. The maximum absolute atomic E-state index is 12.7. The number of rotatable bonds is 6. The summed E-state index contributed by atoms with van der Waals surface area (Å²) in [6.07, 6.45) is 3.73. The van der Waals surface area contributed by atoms with Gasteiger partial charge in [-0.1, -0.05) is 27.7 Å². The molecule has 2 aromatic heterocycles. The van der Waals surface area contributed by atoms with Crippen LogP contribution >= 0.6 is 11.3 Å². The highest BCUT2D eigenvalue weighted by Crippen LogP contribution is 2.31. The molecule has 0 radical (unpaired) electrons. The van der Waals surface area contributed by atoms with Gasteiger partial charge in [0.1, 0.15) is 6.04 Å². The molecular weight excluding hydrogens is 326 g/mol. The second kappa shape index (κ2) is 7.61. The van der Waals surface area contributed by atoms with Crippen molar-refractivity contribution in [2.75, 3.05) is 12.4 Å². The van der Waals surface area contributed by atoms with Gasteiger partial charge in [-0.2, -0.15) is 0 Å². The smallest absolute Gasteiger partial charge is 0.357 e. The number of thiazole rings is 1. The molecule has 0 fully saturated rings. The summed E-state index contributed by atoms with van der Waals surface area (Å²) in [7, 11) is 1.32. The molecule has 0 bridgehead atoms. The average molecular weight is 349 g/mol. The Balaban J connectivity index is 2.26. The minimum atomic E-state index is -0.485. The molecule has 0 saturated carbocycles. The zero-order valence-corrected chi connectivity index (χ0v) is 15.4. The summed E-state index contributed by atoms with van der Waals surface area (Å²) in [5.74, 6) is -0.405. The summed E-state index contributed by atoms with van der Waals surface area (Å²) in [6, 6.07) is 3.43. The molecule has 6 nitrogen and oxygen atoms in total. The Hall–Kier alpha value is -2.15. The normalized spacial score (nSPS) is 12.5. The fourth-order valence-electron chi connectivity index (χ4n) is 2.51. The zero-order chi connectivity index (χ0) is 17.9. The van der Waals surface area contributed by atoms with E-state index in [2.05, 4.69) is 10.3 Å². The Labute approximate surface area is 145 Å². The predicted molar refractivity (Wildman–Crippen MR) is 94.5 cm³/mol. The molecule has 2 rings (SSSR count). The van der Waals surface area contributed by atoms with Gasteiger partial charge < -0.3 is 14.6 Å². The van der Waals surface area contributed by atoms with Crippen LogP contribution in [0.25, 0.3) is 0 Å². The Kier molecular flexibility index (Phi) is 5.77. The molecule has 2 aromatic rings. The standard InChI is InChI=1S/C17H23N3O3S/c1-10(2)13(20-8-6-7-9-20)15(21)19-17-18-12(16(22)23-5)14(24-17)11(3)4/h6-11,13H,1-5H3,(H,18,19,21). The number of amides is 1. The van der Waals surface area contributed by atoms with Crippen LogP contribution in [-0.2, 0) is 9.53 Å². The average Bonchev–Trinajstić information content (AvgIpc) is 3.16. The van der Waals surface area contributed by atoms with Gasteiger partial charge >= 0.3 is 5.97 Å². The molecule has 0 spiro atoms. The van der Waals surface area contributed by atoms with E-state index in [-0.39, 0.29) is 29.5 Å². The number of hydrogen-bond donors (Lipinski definition) is 1. The number of aromatic nitrogens is 2. The lowest BCUT2D eigenvalue weighted by Crippen LogP contribution is -2.29. The van der Waals surface area contributed by atoms with Gasteiger partial charge in [0.15, 0.2) is 10.8 Å². The minimum Gasteiger partial charge on any atom is -0.464 e. The van der Waals surface area contributed by atoms with Gasteiger partial charge in [0.25, 0.3) is 0 Å². The van der Waals surface area contributed by atoms with Crippen LogP contribution in [-0.4, -0.2) is 28.5 Å². The van der Waals surface area contributed by atoms with E-state index < -0.39 is 5.97 Å². The summed E-state index contributed by atoms with van der Waals surface area (Å²) in [4.78, 5) is 29.6. The van der Waals surface area contributed by atoms with E-state index in [1.165, 1.54) is 18.4 Å². The summed E-state index contributed by atoms with van der Waals surface area (Å²) in [5.41, 5.74) is 0.273. The van der Waals surface area contributed by atoms with Crippen molar-refractivity contribution in [3.63, 3.8) is 0 Å². The van der Waals surface area contributed by atoms with Crippen molar-refractivity contribution in [1.82, 2.24) is 9.55 Å². The first-order valence-electron chi connectivity index (χ1n) is 7.87. The molecule has 0 aromatic carbocycles. The van der Waals surface area contributed by atoms with Crippen molar-refractivity contribution in [1.29, 1.82) is 0 Å². The van der Waals surface area contributed by atoms with Crippen LogP contribution in [0.5, 0.6) is 0 Å². The van der Waals surface area contributed by atoms with Crippen LogP contribution in [0.4, 0.5) is 5.13 Å². The van der Waals surface area contributed by atoms with Crippen molar-refractivity contribution in [3.8, 4) is 0 Å². The second-order valence-electron chi connectivity index (χ2n) is 6.19. The molecule has 24 heavy (non-hydrogen) atoms. The highest BCUT2D eigenvalue weighted by molar-refractivity contribution is 7.16. The first-order valence-corrected chi connectivity index (χ1v) is 8.69. The number of ether oxygens (including phenoxy) is 1. The highest BCUT2D eigenvalue weighted by atomic mass is 32.1. The molecule has 0 saturated heterocycles. The summed E-state index contributed by atoms with van der Waals surface area (Å²) in [5, 5.41) is 3.26. The molecule has 130 valence electrons. The number of carbonyl (C=O) groups excluding carboxylic acids is 2. The summed E-state index contributed by atoms with van der Waals surface area (Å²) >= 11 is 1.31. The van der Waals surface area contributed by atoms with E-state index in [1.807, 2.05) is 56.8 Å². The van der Waals surface area contributed by atoms with Crippen LogP contribution in [0.2, 0.25) is 0 Å². The highest BCUT2D eigenvalue weighted by Gasteiger charge is 2.26. The first kappa shape index (κ1) is 18.2. The first-order chi connectivity index (χ1) is 11.3. The molecule has 2 heterocycles. The van der Waals surface area contributed by atoms with Crippen LogP contribution in [0.3, 0.4) is 0 Å². The predicted octanol–water partition coefficient (Wildman–Crippen LogP) is 3.69. The SMILES string of the molecule is COC(=O)c1nc(NC(=O)C(C(C)C)n2cccc2)sc1C(C)C. The molecule has 1 unspecified atom stereocenters. The molecule has 7 heteroatoms. The molecule has 1 atom stereocenters. The lowest BCUT2D eigenvalue weighted by molar-refractivity contribution is -0.120. The van der Waals surface area contributed by atoms with E-state index in [0.717, 1.165) is 4.88 Å². The van der Waals surface area contributed by atoms with E-state index >= 15 is 0 Å². The lowest BCUT2D eigenvalue weighted by Gasteiger charge is -2.21. The Morgan fingerprint density at radius 1 is 1.21 bits per heavy atom. The third-order valence-electron chi connectivity index (χ3n) is 3.64. The minimum absolute atomic E-state index is 0.113. The van der Waals surface area contributed by atoms with Crippen molar-refractivity contribution in [3.05, 3.63) is 35.1 Å². The Morgan fingerprint density at radius 2 is 1.83 bits per heavy atom. The number of carbonyl (C=O) groups is 2. The largest absolute Gasteiger partial charge is 0.464 e. The van der Waals surface area contributed by atoms with Gasteiger partial charge in [0, 0.05) is 17.3 Å². The number of hydrogen-bond acceptors (Lipinski definition) is 5. The summed E-state index contributed by atoms with van der Waals surface area (Å²) < 4.78 is 6.65.